The van der Waals surface area contributed by atoms with E-state index < -0.39 is 0 Å². The third-order valence-electron chi connectivity index (χ3n) is 3.15. The highest BCUT2D eigenvalue weighted by Crippen LogP contribution is 2.39. The van der Waals surface area contributed by atoms with Crippen molar-refractivity contribution in [3.8, 4) is 11.1 Å². The van der Waals surface area contributed by atoms with Crippen molar-refractivity contribution in [2.24, 2.45) is 0 Å². The van der Waals surface area contributed by atoms with Crippen LogP contribution in [0.3, 0.4) is 0 Å². The number of rotatable bonds is 4. The lowest BCUT2D eigenvalue weighted by atomic mass is 9.90. The van der Waals surface area contributed by atoms with Crippen LogP contribution in [0.15, 0.2) is 54.6 Å². The number of hydrogen-bond donors (Lipinski definition) is 1. The number of hydrogen-bond acceptors (Lipinski definition) is 1. The third kappa shape index (κ3) is 2.82. The zero-order chi connectivity index (χ0) is 13.0. The molecule has 2 aromatic carbocycles. The normalized spacial score (nSPS) is 14.2. The van der Waals surface area contributed by atoms with Crippen LogP contribution < -0.4 is 0 Å². The maximum absolute atomic E-state index is 9.19. The van der Waals surface area contributed by atoms with E-state index in [9.17, 15) is 5.11 Å². The van der Waals surface area contributed by atoms with Crippen molar-refractivity contribution < 1.29 is 5.11 Å². The maximum atomic E-state index is 9.19. The Morgan fingerprint density at radius 1 is 1.00 bits per heavy atom. The minimum atomic E-state index is -0.200. The quantitative estimate of drug-likeness (QED) is 0.833. The number of aliphatic hydroxyl groups excluding tert-OH is 1. The highest BCUT2D eigenvalue weighted by molar-refractivity contribution is 9.09. The molecule has 2 heteroatoms. The summed E-state index contributed by atoms with van der Waals surface area (Å²) in [4.78, 5) is 0. The molecule has 0 aromatic heterocycles. The number of halogens is 1. The first-order valence-electron chi connectivity index (χ1n) is 6.10. The zero-order valence-electron chi connectivity index (χ0n) is 10.4. The van der Waals surface area contributed by atoms with Crippen molar-refractivity contribution in [2.75, 3.05) is 6.61 Å². The standard InChI is InChI=1S/C16H17BrO/c1-16(17,11-12-18)15-10-6-5-9-14(15)13-7-3-2-4-8-13/h2-10,18H,11-12H2,1H3. The van der Waals surface area contributed by atoms with Crippen LogP contribution in [0, 0.1) is 0 Å². The first-order valence-corrected chi connectivity index (χ1v) is 6.89. The Balaban J connectivity index is 2.50. The summed E-state index contributed by atoms with van der Waals surface area (Å²) in [5, 5.41) is 9.19. The summed E-state index contributed by atoms with van der Waals surface area (Å²) in [5.41, 5.74) is 3.63. The van der Waals surface area contributed by atoms with E-state index in [-0.39, 0.29) is 10.9 Å². The van der Waals surface area contributed by atoms with Crippen molar-refractivity contribution in [3.05, 3.63) is 60.2 Å². The van der Waals surface area contributed by atoms with Crippen LogP contribution in [0.1, 0.15) is 18.9 Å². The maximum Gasteiger partial charge on any atom is 0.0505 e. The molecule has 0 radical (unpaired) electrons. The van der Waals surface area contributed by atoms with Gasteiger partial charge >= 0.3 is 0 Å². The van der Waals surface area contributed by atoms with Crippen LogP contribution >= 0.6 is 15.9 Å². The molecule has 2 rings (SSSR count). The van der Waals surface area contributed by atoms with Gasteiger partial charge in [0, 0.05) is 6.61 Å². The van der Waals surface area contributed by atoms with Crippen molar-refractivity contribution >= 4 is 15.9 Å². The van der Waals surface area contributed by atoms with Crippen molar-refractivity contribution in [1.82, 2.24) is 0 Å². The van der Waals surface area contributed by atoms with E-state index in [4.69, 9.17) is 0 Å². The van der Waals surface area contributed by atoms with Gasteiger partial charge < -0.3 is 5.11 Å². The largest absolute Gasteiger partial charge is 0.396 e. The summed E-state index contributed by atoms with van der Waals surface area (Å²) in [5.74, 6) is 0. The smallest absolute Gasteiger partial charge is 0.0505 e. The molecule has 0 heterocycles. The monoisotopic (exact) mass is 304 g/mol. The van der Waals surface area contributed by atoms with E-state index in [1.165, 1.54) is 16.7 Å². The topological polar surface area (TPSA) is 20.2 Å². The van der Waals surface area contributed by atoms with Gasteiger partial charge in [0.15, 0.2) is 0 Å². The van der Waals surface area contributed by atoms with Crippen LogP contribution in [-0.2, 0) is 4.32 Å². The molecular formula is C16H17BrO. The molecule has 0 fully saturated rings. The average Bonchev–Trinajstić information content (AvgIpc) is 2.40. The molecule has 0 spiro atoms. The lowest BCUT2D eigenvalue weighted by Crippen LogP contribution is -2.16. The molecule has 1 N–H and O–H groups in total. The lowest BCUT2D eigenvalue weighted by Gasteiger charge is -2.25. The van der Waals surface area contributed by atoms with Crippen molar-refractivity contribution in [3.63, 3.8) is 0 Å². The SMILES string of the molecule is CC(Br)(CCO)c1ccccc1-c1ccccc1. The molecule has 94 valence electrons. The van der Waals surface area contributed by atoms with E-state index in [0.29, 0.717) is 6.42 Å². The molecule has 1 nitrogen and oxygen atoms in total. The van der Waals surface area contributed by atoms with Crippen LogP contribution in [0.2, 0.25) is 0 Å². The van der Waals surface area contributed by atoms with E-state index in [2.05, 4.69) is 47.1 Å². The van der Waals surface area contributed by atoms with Gasteiger partial charge in [-0.25, -0.2) is 0 Å². The fourth-order valence-electron chi connectivity index (χ4n) is 2.15. The second kappa shape index (κ2) is 5.68. The van der Waals surface area contributed by atoms with Gasteiger partial charge in [-0.05, 0) is 30.0 Å². The van der Waals surface area contributed by atoms with E-state index in [0.717, 1.165) is 0 Å². The first kappa shape index (κ1) is 13.3. The number of aliphatic hydroxyl groups is 1. The molecule has 2 aromatic rings. The van der Waals surface area contributed by atoms with Gasteiger partial charge in [-0.2, -0.15) is 0 Å². The summed E-state index contributed by atoms with van der Waals surface area (Å²) in [7, 11) is 0. The molecule has 0 bridgehead atoms. The molecule has 1 atom stereocenters. The lowest BCUT2D eigenvalue weighted by molar-refractivity contribution is 0.274. The highest BCUT2D eigenvalue weighted by Gasteiger charge is 2.25. The van der Waals surface area contributed by atoms with Gasteiger partial charge in [0.2, 0.25) is 0 Å². The van der Waals surface area contributed by atoms with Gasteiger partial charge in [-0.15, -0.1) is 0 Å². The molecule has 0 saturated heterocycles. The second-order valence-corrected chi connectivity index (χ2v) is 6.33. The summed E-state index contributed by atoms with van der Waals surface area (Å²) in [6.07, 6.45) is 0.691. The third-order valence-corrected chi connectivity index (χ3v) is 3.98. The predicted octanol–water partition coefficient (Wildman–Crippen LogP) is 4.35. The molecule has 1 unspecified atom stereocenters. The molecule has 18 heavy (non-hydrogen) atoms. The Morgan fingerprint density at radius 3 is 2.28 bits per heavy atom. The van der Waals surface area contributed by atoms with Crippen molar-refractivity contribution in [2.45, 2.75) is 17.7 Å². The summed E-state index contributed by atoms with van der Waals surface area (Å²) in [6.45, 7) is 2.27. The van der Waals surface area contributed by atoms with Crippen LogP contribution in [0.5, 0.6) is 0 Å². The Kier molecular flexibility index (Phi) is 4.20. The minimum Gasteiger partial charge on any atom is -0.396 e. The second-order valence-electron chi connectivity index (χ2n) is 4.58. The Morgan fingerprint density at radius 2 is 1.61 bits per heavy atom. The van der Waals surface area contributed by atoms with Crippen LogP contribution in [-0.4, -0.2) is 11.7 Å². The summed E-state index contributed by atoms with van der Waals surface area (Å²) >= 11 is 3.74. The fraction of sp³-hybridized carbons (Fsp3) is 0.250. The van der Waals surface area contributed by atoms with E-state index in [1.54, 1.807) is 0 Å². The van der Waals surface area contributed by atoms with Gasteiger partial charge in [0.1, 0.15) is 0 Å². The van der Waals surface area contributed by atoms with E-state index >= 15 is 0 Å². The highest BCUT2D eigenvalue weighted by atomic mass is 79.9. The number of alkyl halides is 1. The van der Waals surface area contributed by atoms with Gasteiger partial charge in [-0.3, -0.25) is 0 Å². The summed E-state index contributed by atoms with van der Waals surface area (Å²) in [6, 6.07) is 18.7. The molecular weight excluding hydrogens is 288 g/mol. The summed E-state index contributed by atoms with van der Waals surface area (Å²) < 4.78 is -0.200. The van der Waals surface area contributed by atoms with Crippen molar-refractivity contribution in [1.29, 1.82) is 0 Å². The molecule has 0 saturated carbocycles. The van der Waals surface area contributed by atoms with Gasteiger partial charge in [-0.1, -0.05) is 70.5 Å². The van der Waals surface area contributed by atoms with Crippen LogP contribution in [0.4, 0.5) is 0 Å². The first-order chi connectivity index (χ1) is 8.65. The Hall–Kier alpha value is -1.12. The molecule has 0 amide bonds. The number of benzene rings is 2. The molecule has 0 aliphatic rings. The Bertz CT molecular complexity index is 506. The van der Waals surface area contributed by atoms with E-state index in [1.807, 2.05) is 30.3 Å². The fourth-order valence-corrected chi connectivity index (χ4v) is 2.67. The van der Waals surface area contributed by atoms with Gasteiger partial charge in [0.25, 0.3) is 0 Å². The molecule has 0 aliphatic carbocycles. The van der Waals surface area contributed by atoms with Crippen LogP contribution in [0.25, 0.3) is 11.1 Å². The average molecular weight is 305 g/mol. The Labute approximate surface area is 117 Å². The predicted molar refractivity (Wildman–Crippen MR) is 79.9 cm³/mol. The molecule has 0 aliphatic heterocycles. The zero-order valence-corrected chi connectivity index (χ0v) is 12.0. The van der Waals surface area contributed by atoms with Gasteiger partial charge in [0.05, 0.1) is 4.32 Å². The minimum absolute atomic E-state index is 0.172.